The van der Waals surface area contributed by atoms with Gasteiger partial charge in [0, 0.05) is 40.0 Å². The zero-order valence-corrected chi connectivity index (χ0v) is 28.2. The van der Waals surface area contributed by atoms with Gasteiger partial charge in [0.25, 0.3) is 0 Å². The first-order valence-corrected chi connectivity index (χ1v) is 16.9. The second kappa shape index (κ2) is 11.1. The number of rotatable bonds is 7. The number of hydrogen-bond acceptors (Lipinski definition) is 7. The minimum Gasteiger partial charge on any atom is -0.457 e. The molecule has 0 bridgehead atoms. The molecule has 242 valence electrons. The van der Waals surface area contributed by atoms with Gasteiger partial charge in [0.2, 0.25) is 5.78 Å². The van der Waals surface area contributed by atoms with Crippen LogP contribution in [-0.4, -0.2) is 56.6 Å². The Labute approximate surface area is 271 Å². The molecule has 1 heterocycles. The highest BCUT2D eigenvalue weighted by atomic mass is 79.9. The summed E-state index contributed by atoms with van der Waals surface area (Å²) in [4.78, 5) is 39.0. The minimum absolute atomic E-state index is 0.0536. The maximum Gasteiger partial charge on any atom is 0.306 e. The van der Waals surface area contributed by atoms with Gasteiger partial charge in [0.15, 0.2) is 12.2 Å². The summed E-state index contributed by atoms with van der Waals surface area (Å²) >= 11 is 3.63. The zero-order chi connectivity index (χ0) is 32.5. The zero-order valence-electron chi connectivity index (χ0n) is 26.6. The highest BCUT2D eigenvalue weighted by molar-refractivity contribution is 9.10. The molecule has 4 aliphatic rings. The molecular formula is C35H42BrFN2O6. The fourth-order valence-electron chi connectivity index (χ4n) is 9.67. The molecule has 0 spiro atoms. The van der Waals surface area contributed by atoms with Crippen molar-refractivity contribution in [2.24, 2.45) is 28.6 Å². The lowest BCUT2D eigenvalue weighted by Gasteiger charge is -2.63. The van der Waals surface area contributed by atoms with Gasteiger partial charge >= 0.3 is 11.9 Å². The number of aliphatic hydroxyl groups excluding tert-OH is 1. The number of carbonyl (C=O) groups excluding carboxylic acids is 3. The molecule has 0 amide bonds. The van der Waals surface area contributed by atoms with Crippen molar-refractivity contribution in [3.63, 3.8) is 0 Å². The first-order chi connectivity index (χ1) is 21.3. The van der Waals surface area contributed by atoms with E-state index in [1.54, 1.807) is 20.0 Å². The lowest BCUT2D eigenvalue weighted by atomic mass is 9.43. The predicted molar refractivity (Wildman–Crippen MR) is 169 cm³/mol. The minimum atomic E-state index is -1.99. The summed E-state index contributed by atoms with van der Waals surface area (Å²) in [6, 6.07) is 7.83. The molecule has 2 aromatic rings. The number of ether oxygens (including phenoxy) is 2. The predicted octanol–water partition coefficient (Wildman–Crippen LogP) is 6.34. The second-order valence-electron chi connectivity index (χ2n) is 13.9. The lowest BCUT2D eigenvalue weighted by molar-refractivity contribution is -0.234. The topological polar surface area (TPSA) is 108 Å². The van der Waals surface area contributed by atoms with E-state index >= 15 is 4.39 Å². The summed E-state index contributed by atoms with van der Waals surface area (Å²) in [5, 5.41) is 16.7. The van der Waals surface area contributed by atoms with Crippen LogP contribution >= 0.6 is 15.9 Å². The van der Waals surface area contributed by atoms with Gasteiger partial charge in [0.1, 0.15) is 5.67 Å². The number of fused-ring (bicyclic) bond motifs is 6. The molecule has 8 nitrogen and oxygen atoms in total. The number of alkyl halides is 1. The van der Waals surface area contributed by atoms with Crippen molar-refractivity contribution >= 4 is 39.7 Å². The number of hydrogen-bond donors (Lipinski definition) is 1. The summed E-state index contributed by atoms with van der Waals surface area (Å²) in [6.07, 6.45) is 4.46. The van der Waals surface area contributed by atoms with Crippen LogP contribution in [0, 0.1) is 28.6 Å². The van der Waals surface area contributed by atoms with E-state index in [9.17, 15) is 19.5 Å². The Morgan fingerprint density at radius 3 is 2.53 bits per heavy atom. The van der Waals surface area contributed by atoms with Gasteiger partial charge in [-0.3, -0.25) is 14.4 Å². The summed E-state index contributed by atoms with van der Waals surface area (Å²) in [7, 11) is 0. The van der Waals surface area contributed by atoms with E-state index in [2.05, 4.69) is 27.1 Å². The molecule has 1 unspecified atom stereocenters. The molecular weight excluding hydrogens is 643 g/mol. The van der Waals surface area contributed by atoms with Gasteiger partial charge in [-0.25, -0.2) is 9.07 Å². The van der Waals surface area contributed by atoms with Crippen LogP contribution in [0.2, 0.25) is 0 Å². The van der Waals surface area contributed by atoms with Crippen molar-refractivity contribution in [1.29, 1.82) is 0 Å². The Morgan fingerprint density at radius 1 is 1.13 bits per heavy atom. The van der Waals surface area contributed by atoms with Crippen molar-refractivity contribution < 1.29 is 33.4 Å². The van der Waals surface area contributed by atoms with Crippen molar-refractivity contribution in [1.82, 2.24) is 9.78 Å². The molecule has 8 atom stereocenters. The molecule has 4 aliphatic carbocycles. The average molecular weight is 686 g/mol. The third-order valence-electron chi connectivity index (χ3n) is 11.8. The highest BCUT2D eigenvalue weighted by Gasteiger charge is 2.77. The number of aromatic nitrogens is 2. The van der Waals surface area contributed by atoms with Gasteiger partial charge in [-0.1, -0.05) is 52.3 Å². The van der Waals surface area contributed by atoms with Gasteiger partial charge < -0.3 is 14.6 Å². The fraction of sp³-hybridized carbons (Fsp3) is 0.600. The maximum absolute atomic E-state index is 18.2. The molecule has 10 heteroatoms. The summed E-state index contributed by atoms with van der Waals surface area (Å²) in [5.74, 6) is -2.98. The van der Waals surface area contributed by atoms with E-state index in [0.717, 1.165) is 27.0 Å². The largest absolute Gasteiger partial charge is 0.457 e. The smallest absolute Gasteiger partial charge is 0.306 e. The summed E-state index contributed by atoms with van der Waals surface area (Å²) in [5.41, 5.74) is -2.03. The van der Waals surface area contributed by atoms with Gasteiger partial charge in [-0.05, 0) is 77.7 Å². The number of ketones is 1. The molecule has 1 aromatic heterocycles. The first-order valence-electron chi connectivity index (χ1n) is 16.1. The number of esters is 2. The normalized spacial score (nSPS) is 36.6. The quantitative estimate of drug-likeness (QED) is 0.339. The number of nitrogens with zero attached hydrogens (tertiary/aromatic N) is 2. The molecule has 0 saturated heterocycles. The number of aliphatic hydroxyl groups is 1. The van der Waals surface area contributed by atoms with Crippen LogP contribution < -0.4 is 0 Å². The number of para-hydroxylation sites is 1. The molecule has 3 saturated carbocycles. The number of halogens is 2. The molecule has 3 fully saturated rings. The van der Waals surface area contributed by atoms with Crippen LogP contribution in [0.3, 0.4) is 0 Å². The van der Waals surface area contributed by atoms with Crippen LogP contribution in [0.1, 0.15) is 84.4 Å². The third kappa shape index (κ3) is 4.37. The van der Waals surface area contributed by atoms with E-state index in [-0.39, 0.29) is 25.2 Å². The van der Waals surface area contributed by atoms with Crippen LogP contribution in [0.25, 0.3) is 11.8 Å². The van der Waals surface area contributed by atoms with E-state index in [4.69, 9.17) is 9.47 Å². The fourth-order valence-corrected chi connectivity index (χ4v) is 10.1. The Bertz CT molecular complexity index is 1590. The van der Waals surface area contributed by atoms with E-state index in [1.807, 2.05) is 49.7 Å². The molecule has 1 N–H and O–H groups in total. The number of allylic oxidation sites excluding steroid dienone is 1. The van der Waals surface area contributed by atoms with Crippen molar-refractivity contribution in [2.75, 3.05) is 6.61 Å². The standard InChI is InChI=1S/C35H42BrFN2O6/c1-6-30(42)44-19-29(41)35(45-31(43)7-2)20(3)14-24-23-13-12-22-15-27-21(18-38-39(27)26-11-9-8-10-25(26)36)16-32(22,4)34(23,37)28(40)17-33(24,35)5/h8-11,15,18,20,23-24,28,40H,6-7,12-14,16-17,19H2,1-5H3/t20-,23-,24-,28-,32-,33-,34-,35?/m0/s1. The van der Waals surface area contributed by atoms with Gasteiger partial charge in [-0.2, -0.15) is 5.10 Å². The van der Waals surface area contributed by atoms with Gasteiger partial charge in [0.05, 0.1) is 23.7 Å². The summed E-state index contributed by atoms with van der Waals surface area (Å²) in [6.45, 7) is 8.41. The maximum atomic E-state index is 18.2. The van der Waals surface area contributed by atoms with Gasteiger partial charge in [-0.15, -0.1) is 0 Å². The third-order valence-corrected chi connectivity index (χ3v) is 12.5. The monoisotopic (exact) mass is 684 g/mol. The Balaban J connectivity index is 1.40. The van der Waals surface area contributed by atoms with E-state index < -0.39 is 64.4 Å². The molecule has 45 heavy (non-hydrogen) atoms. The first kappa shape index (κ1) is 32.1. The van der Waals surface area contributed by atoms with Crippen LogP contribution in [-0.2, 0) is 30.3 Å². The SMILES string of the molecule is CCC(=O)OCC(=O)C1(OC(=O)CC)[C@@H](C)C[C@H]2[C@@H]3CCC4=Cc5c(cnn5-c5ccccc5Br)C[C@]4(C)[C@@]3(F)[C@@H](O)C[C@@]21C. The molecule has 0 radical (unpaired) electrons. The number of Topliss-reactive ketones (excluding diaryl/α,β-unsaturated/α-hetero) is 1. The van der Waals surface area contributed by atoms with Crippen LogP contribution in [0.5, 0.6) is 0 Å². The number of benzene rings is 1. The summed E-state index contributed by atoms with van der Waals surface area (Å²) < 4.78 is 32.4. The van der Waals surface area contributed by atoms with Crippen molar-refractivity contribution in [3.05, 3.63) is 51.8 Å². The Hall–Kier alpha value is -2.85. The van der Waals surface area contributed by atoms with E-state index in [0.29, 0.717) is 25.7 Å². The molecule has 1 aromatic carbocycles. The Kier molecular flexibility index (Phi) is 7.95. The lowest BCUT2D eigenvalue weighted by Crippen LogP contribution is -2.70. The van der Waals surface area contributed by atoms with Crippen LogP contribution in [0.15, 0.2) is 40.5 Å². The average Bonchev–Trinajstić information content (AvgIpc) is 3.50. The highest BCUT2D eigenvalue weighted by Crippen LogP contribution is 2.72. The van der Waals surface area contributed by atoms with E-state index in [1.165, 1.54) is 0 Å². The van der Waals surface area contributed by atoms with Crippen molar-refractivity contribution in [2.45, 2.75) is 96.9 Å². The number of carbonyl (C=O) groups is 3. The van der Waals surface area contributed by atoms with Crippen LogP contribution in [0.4, 0.5) is 4.39 Å². The second-order valence-corrected chi connectivity index (χ2v) is 14.7. The molecule has 6 rings (SSSR count). The van der Waals surface area contributed by atoms with Crippen molar-refractivity contribution in [3.8, 4) is 5.69 Å². The Morgan fingerprint density at radius 2 is 1.84 bits per heavy atom. The molecule has 0 aliphatic heterocycles.